The van der Waals surface area contributed by atoms with E-state index in [0.29, 0.717) is 5.39 Å². The number of rotatable bonds is 3. The largest absolute Gasteiger partial charge is 0.360 e. The fourth-order valence-corrected chi connectivity index (χ4v) is 3.77. The van der Waals surface area contributed by atoms with Crippen molar-refractivity contribution in [1.82, 2.24) is 9.97 Å². The summed E-state index contributed by atoms with van der Waals surface area (Å²) in [5.74, 6) is 0.781. The number of aryl methyl sites for hydroxylation is 1. The van der Waals surface area contributed by atoms with Crippen molar-refractivity contribution in [2.45, 2.75) is 20.4 Å². The van der Waals surface area contributed by atoms with E-state index in [2.05, 4.69) is 46.9 Å². The summed E-state index contributed by atoms with van der Waals surface area (Å²) in [5, 5.41) is 0.658. The van der Waals surface area contributed by atoms with Crippen LogP contribution in [0.3, 0.4) is 0 Å². The molecule has 0 unspecified atom stereocenters. The van der Waals surface area contributed by atoms with E-state index in [-0.39, 0.29) is 5.56 Å². The van der Waals surface area contributed by atoms with E-state index < -0.39 is 0 Å². The number of anilines is 1. The number of aromatic nitrogens is 2. The van der Waals surface area contributed by atoms with Crippen LogP contribution in [0.4, 0.5) is 5.69 Å². The zero-order valence-electron chi connectivity index (χ0n) is 15.4. The molecular formula is C21H25N4O+. The zero-order valence-corrected chi connectivity index (χ0v) is 15.4. The fourth-order valence-electron chi connectivity index (χ4n) is 3.77. The predicted molar refractivity (Wildman–Crippen MR) is 105 cm³/mol. The Morgan fingerprint density at radius 1 is 1.08 bits per heavy atom. The van der Waals surface area contributed by atoms with Crippen molar-refractivity contribution >= 4 is 16.6 Å². The molecule has 0 amide bonds. The average molecular weight is 349 g/mol. The summed E-state index contributed by atoms with van der Waals surface area (Å²) in [5.41, 5.74) is 4.80. The standard InChI is InChI=1S/C21H24N4O/c1-15-6-5-9-19(16(15)2)25-12-10-24(11-13-25)14-20-22-18-8-4-3-7-17(18)21(26)23-20/h3-9H,10-14H2,1-2H3,(H,22,23,26)/p+1. The van der Waals surface area contributed by atoms with Gasteiger partial charge in [0.1, 0.15) is 6.54 Å². The van der Waals surface area contributed by atoms with Gasteiger partial charge in [0.2, 0.25) is 0 Å². The van der Waals surface area contributed by atoms with Crippen LogP contribution in [-0.2, 0) is 6.54 Å². The fraction of sp³-hybridized carbons (Fsp3) is 0.333. The van der Waals surface area contributed by atoms with Crippen molar-refractivity contribution < 1.29 is 4.90 Å². The number of aromatic amines is 1. The number of hydrogen-bond acceptors (Lipinski definition) is 3. The van der Waals surface area contributed by atoms with E-state index >= 15 is 0 Å². The Labute approximate surface area is 153 Å². The third-order valence-electron chi connectivity index (χ3n) is 5.47. The molecule has 2 heterocycles. The van der Waals surface area contributed by atoms with Crippen molar-refractivity contribution in [3.8, 4) is 0 Å². The second-order valence-corrected chi connectivity index (χ2v) is 7.16. The van der Waals surface area contributed by atoms with Crippen molar-refractivity contribution in [3.05, 3.63) is 69.8 Å². The predicted octanol–water partition coefficient (Wildman–Crippen LogP) is 1.45. The van der Waals surface area contributed by atoms with Gasteiger partial charge in [-0.1, -0.05) is 24.3 Å². The maximum Gasteiger partial charge on any atom is 0.258 e. The highest BCUT2D eigenvalue weighted by Gasteiger charge is 2.22. The normalized spacial score (nSPS) is 15.5. The van der Waals surface area contributed by atoms with E-state index in [1.54, 1.807) is 0 Å². The van der Waals surface area contributed by atoms with Crippen LogP contribution >= 0.6 is 0 Å². The number of benzene rings is 2. The maximum atomic E-state index is 12.2. The third-order valence-corrected chi connectivity index (χ3v) is 5.47. The van der Waals surface area contributed by atoms with Crippen LogP contribution in [0.25, 0.3) is 10.9 Å². The average Bonchev–Trinajstić information content (AvgIpc) is 2.65. The second-order valence-electron chi connectivity index (χ2n) is 7.16. The molecule has 5 heteroatoms. The molecule has 0 radical (unpaired) electrons. The molecule has 26 heavy (non-hydrogen) atoms. The number of nitrogens with one attached hydrogen (secondary N) is 2. The topological polar surface area (TPSA) is 53.4 Å². The third kappa shape index (κ3) is 3.22. The molecule has 0 aliphatic carbocycles. The minimum Gasteiger partial charge on any atom is -0.360 e. The van der Waals surface area contributed by atoms with Gasteiger partial charge in [-0.25, -0.2) is 4.98 Å². The molecule has 3 aromatic rings. The quantitative estimate of drug-likeness (QED) is 0.752. The Hall–Kier alpha value is -2.66. The number of quaternary nitrogens is 1. The summed E-state index contributed by atoms with van der Waals surface area (Å²) in [4.78, 5) is 23.8. The van der Waals surface area contributed by atoms with E-state index in [1.807, 2.05) is 24.3 Å². The molecule has 2 N–H and O–H groups in total. The number of H-pyrrole nitrogens is 1. The maximum absolute atomic E-state index is 12.2. The van der Waals surface area contributed by atoms with Crippen molar-refractivity contribution in [2.75, 3.05) is 31.1 Å². The Bertz CT molecular complexity index is 987. The van der Waals surface area contributed by atoms with Gasteiger partial charge in [0.05, 0.1) is 37.1 Å². The van der Waals surface area contributed by atoms with E-state index in [9.17, 15) is 4.79 Å². The zero-order chi connectivity index (χ0) is 18.1. The second kappa shape index (κ2) is 6.92. The lowest BCUT2D eigenvalue weighted by atomic mass is 10.1. The number of nitrogens with zero attached hydrogens (tertiary/aromatic N) is 2. The van der Waals surface area contributed by atoms with Crippen LogP contribution in [0.5, 0.6) is 0 Å². The lowest BCUT2D eigenvalue weighted by Gasteiger charge is -2.34. The molecule has 4 rings (SSSR count). The van der Waals surface area contributed by atoms with Crippen LogP contribution in [0, 0.1) is 13.8 Å². The number of hydrogen-bond donors (Lipinski definition) is 2. The molecular weight excluding hydrogens is 324 g/mol. The summed E-state index contributed by atoms with van der Waals surface area (Å²) in [7, 11) is 0. The SMILES string of the molecule is Cc1cccc(N2CC[NH+](Cc3nc4ccccc4c(=O)[nH]3)CC2)c1C. The molecule has 1 saturated heterocycles. The van der Waals surface area contributed by atoms with Gasteiger partial charge in [-0.15, -0.1) is 0 Å². The van der Waals surface area contributed by atoms with Gasteiger partial charge in [-0.05, 0) is 43.2 Å². The summed E-state index contributed by atoms with van der Waals surface area (Å²) in [6, 6.07) is 14.0. The smallest absolute Gasteiger partial charge is 0.258 e. The molecule has 1 fully saturated rings. The van der Waals surface area contributed by atoms with Gasteiger partial charge in [0, 0.05) is 5.69 Å². The van der Waals surface area contributed by atoms with Gasteiger partial charge in [-0.2, -0.15) is 0 Å². The number of para-hydroxylation sites is 1. The summed E-state index contributed by atoms with van der Waals surface area (Å²) >= 11 is 0. The lowest BCUT2D eigenvalue weighted by Crippen LogP contribution is -3.13. The molecule has 0 spiro atoms. The summed E-state index contributed by atoms with van der Waals surface area (Å²) < 4.78 is 0. The molecule has 134 valence electrons. The number of fused-ring (bicyclic) bond motifs is 1. The van der Waals surface area contributed by atoms with Crippen LogP contribution < -0.4 is 15.4 Å². The van der Waals surface area contributed by atoms with E-state index in [0.717, 1.165) is 44.1 Å². The van der Waals surface area contributed by atoms with Crippen LogP contribution in [-0.4, -0.2) is 36.1 Å². The highest BCUT2D eigenvalue weighted by atomic mass is 16.1. The van der Waals surface area contributed by atoms with Gasteiger partial charge in [-0.3, -0.25) is 4.79 Å². The van der Waals surface area contributed by atoms with Crippen molar-refractivity contribution in [3.63, 3.8) is 0 Å². The van der Waals surface area contributed by atoms with Gasteiger partial charge in [0.25, 0.3) is 5.56 Å². The first-order valence-electron chi connectivity index (χ1n) is 9.24. The molecule has 0 saturated carbocycles. The molecule has 2 aromatic carbocycles. The Morgan fingerprint density at radius 3 is 2.65 bits per heavy atom. The first kappa shape index (κ1) is 16.8. The van der Waals surface area contributed by atoms with Crippen LogP contribution in [0.1, 0.15) is 17.0 Å². The van der Waals surface area contributed by atoms with Crippen LogP contribution in [0.2, 0.25) is 0 Å². The Kier molecular flexibility index (Phi) is 4.47. The Morgan fingerprint density at radius 2 is 1.85 bits per heavy atom. The Balaban J connectivity index is 1.46. The van der Waals surface area contributed by atoms with E-state index in [4.69, 9.17) is 0 Å². The molecule has 5 nitrogen and oxygen atoms in total. The minimum absolute atomic E-state index is 0.0426. The molecule has 0 bridgehead atoms. The molecule has 0 atom stereocenters. The van der Waals surface area contributed by atoms with Gasteiger partial charge >= 0.3 is 0 Å². The van der Waals surface area contributed by atoms with Gasteiger partial charge < -0.3 is 14.8 Å². The van der Waals surface area contributed by atoms with Gasteiger partial charge in [0.15, 0.2) is 5.82 Å². The van der Waals surface area contributed by atoms with E-state index in [1.165, 1.54) is 21.7 Å². The molecule has 1 aromatic heterocycles. The minimum atomic E-state index is -0.0426. The highest BCUT2D eigenvalue weighted by molar-refractivity contribution is 5.77. The lowest BCUT2D eigenvalue weighted by molar-refractivity contribution is -0.915. The van der Waals surface area contributed by atoms with Crippen molar-refractivity contribution in [2.24, 2.45) is 0 Å². The molecule has 1 aliphatic rings. The van der Waals surface area contributed by atoms with Crippen LogP contribution in [0.15, 0.2) is 47.3 Å². The number of piperazine rings is 1. The monoisotopic (exact) mass is 349 g/mol. The summed E-state index contributed by atoms with van der Waals surface area (Å²) in [6.07, 6.45) is 0. The first-order chi connectivity index (χ1) is 12.6. The van der Waals surface area contributed by atoms with Crippen molar-refractivity contribution in [1.29, 1.82) is 0 Å². The highest BCUT2D eigenvalue weighted by Crippen LogP contribution is 2.22. The summed E-state index contributed by atoms with van der Waals surface area (Å²) in [6.45, 7) is 9.28. The first-order valence-corrected chi connectivity index (χ1v) is 9.24. The molecule has 1 aliphatic heterocycles.